The highest BCUT2D eigenvalue weighted by molar-refractivity contribution is 6.42. The molecular formula is C20H16Cl2N2O3. The van der Waals surface area contributed by atoms with Crippen LogP contribution in [-0.4, -0.2) is 42.8 Å². The highest BCUT2D eigenvalue weighted by Gasteiger charge is 2.35. The minimum atomic E-state index is -0.224. The van der Waals surface area contributed by atoms with Crippen molar-refractivity contribution in [3.63, 3.8) is 0 Å². The number of benzene rings is 2. The second-order valence-electron chi connectivity index (χ2n) is 6.28. The quantitative estimate of drug-likeness (QED) is 0.839. The van der Waals surface area contributed by atoms with Crippen molar-refractivity contribution in [2.45, 2.75) is 0 Å². The van der Waals surface area contributed by atoms with E-state index in [0.29, 0.717) is 58.9 Å². The van der Waals surface area contributed by atoms with E-state index in [-0.39, 0.29) is 17.3 Å². The first kappa shape index (κ1) is 18.0. The van der Waals surface area contributed by atoms with Crippen LogP contribution in [0.4, 0.5) is 5.69 Å². The molecule has 138 valence electrons. The van der Waals surface area contributed by atoms with Gasteiger partial charge in [-0.05, 0) is 18.2 Å². The SMILES string of the molecule is O=C1C(Nc2ccc(Cl)c(Cl)c2)=C(N2CCOCC2)C(=O)c2ccccc21. The number of fused-ring (bicyclic) bond motifs is 1. The first-order valence-corrected chi connectivity index (χ1v) is 9.29. The maximum absolute atomic E-state index is 13.2. The molecule has 1 fully saturated rings. The van der Waals surface area contributed by atoms with E-state index in [0.717, 1.165) is 0 Å². The first-order valence-electron chi connectivity index (χ1n) is 8.54. The topological polar surface area (TPSA) is 58.6 Å². The van der Waals surface area contributed by atoms with Gasteiger partial charge in [0.25, 0.3) is 0 Å². The van der Waals surface area contributed by atoms with Crippen LogP contribution in [0.3, 0.4) is 0 Å². The summed E-state index contributed by atoms with van der Waals surface area (Å²) in [7, 11) is 0. The van der Waals surface area contributed by atoms with Gasteiger partial charge in [-0.25, -0.2) is 0 Å². The second-order valence-corrected chi connectivity index (χ2v) is 7.10. The number of nitrogens with one attached hydrogen (secondary N) is 1. The van der Waals surface area contributed by atoms with Crippen LogP contribution in [-0.2, 0) is 4.74 Å². The highest BCUT2D eigenvalue weighted by atomic mass is 35.5. The number of carbonyl (C=O) groups excluding carboxylic acids is 2. The average Bonchev–Trinajstić information content (AvgIpc) is 2.69. The lowest BCUT2D eigenvalue weighted by Gasteiger charge is -2.34. The number of hydrogen-bond acceptors (Lipinski definition) is 5. The molecule has 2 aromatic rings. The van der Waals surface area contributed by atoms with Gasteiger partial charge in [0.15, 0.2) is 0 Å². The van der Waals surface area contributed by atoms with Gasteiger partial charge in [-0.3, -0.25) is 9.59 Å². The first-order chi connectivity index (χ1) is 13.1. The molecule has 0 amide bonds. The molecule has 0 unspecified atom stereocenters. The molecule has 0 saturated carbocycles. The molecule has 0 aromatic heterocycles. The predicted octanol–water partition coefficient (Wildman–Crippen LogP) is 4.03. The molecule has 1 aliphatic carbocycles. The average molecular weight is 403 g/mol. The molecule has 2 aliphatic rings. The molecule has 7 heteroatoms. The molecule has 0 atom stereocenters. The van der Waals surface area contributed by atoms with E-state index in [1.54, 1.807) is 42.5 Å². The summed E-state index contributed by atoms with van der Waals surface area (Å²) in [5.74, 6) is -0.396. The maximum Gasteiger partial charge on any atom is 0.212 e. The zero-order valence-corrected chi connectivity index (χ0v) is 15.8. The van der Waals surface area contributed by atoms with Crippen molar-refractivity contribution in [2.24, 2.45) is 0 Å². The number of anilines is 1. The molecule has 0 spiro atoms. The third kappa shape index (κ3) is 3.34. The Hall–Kier alpha value is -2.34. The second kappa shape index (κ2) is 7.35. The van der Waals surface area contributed by atoms with E-state index in [4.69, 9.17) is 27.9 Å². The van der Waals surface area contributed by atoms with Crippen LogP contribution in [0.15, 0.2) is 53.9 Å². The molecule has 5 nitrogen and oxygen atoms in total. The summed E-state index contributed by atoms with van der Waals surface area (Å²) in [5, 5.41) is 3.88. The van der Waals surface area contributed by atoms with E-state index < -0.39 is 0 Å². The van der Waals surface area contributed by atoms with E-state index in [9.17, 15) is 9.59 Å². The molecule has 1 heterocycles. The van der Waals surface area contributed by atoms with E-state index in [2.05, 4.69) is 5.32 Å². The monoisotopic (exact) mass is 402 g/mol. The minimum Gasteiger partial charge on any atom is -0.378 e. The lowest BCUT2D eigenvalue weighted by Crippen LogP contribution is -2.42. The summed E-state index contributed by atoms with van der Waals surface area (Å²) in [6.07, 6.45) is 0. The van der Waals surface area contributed by atoms with Gasteiger partial charge in [-0.15, -0.1) is 0 Å². The lowest BCUT2D eigenvalue weighted by molar-refractivity contribution is 0.0496. The van der Waals surface area contributed by atoms with Crippen LogP contribution in [0.25, 0.3) is 0 Å². The van der Waals surface area contributed by atoms with E-state index >= 15 is 0 Å². The number of halogens is 2. The highest BCUT2D eigenvalue weighted by Crippen LogP contribution is 2.31. The molecule has 1 N–H and O–H groups in total. The fraction of sp³-hybridized carbons (Fsp3) is 0.200. The van der Waals surface area contributed by atoms with Crippen LogP contribution >= 0.6 is 23.2 Å². The fourth-order valence-corrected chi connectivity index (χ4v) is 3.58. The number of allylic oxidation sites excluding steroid dienone is 2. The maximum atomic E-state index is 13.2. The van der Waals surface area contributed by atoms with E-state index in [1.165, 1.54) is 0 Å². The molecule has 2 aromatic carbocycles. The van der Waals surface area contributed by atoms with Gasteiger partial charge in [0, 0.05) is 29.9 Å². The van der Waals surface area contributed by atoms with Crippen molar-refractivity contribution < 1.29 is 14.3 Å². The van der Waals surface area contributed by atoms with Crippen molar-refractivity contribution in [2.75, 3.05) is 31.6 Å². The van der Waals surface area contributed by atoms with Crippen molar-refractivity contribution in [1.82, 2.24) is 4.90 Å². The van der Waals surface area contributed by atoms with Gasteiger partial charge in [0.1, 0.15) is 11.4 Å². The number of Topliss-reactive ketones (excluding diaryl/α,β-unsaturated/α-hetero) is 2. The Bertz CT molecular complexity index is 965. The molecule has 27 heavy (non-hydrogen) atoms. The van der Waals surface area contributed by atoms with Gasteiger partial charge >= 0.3 is 0 Å². The Balaban J connectivity index is 1.82. The van der Waals surface area contributed by atoms with Gasteiger partial charge in [0.05, 0.1) is 23.3 Å². The molecule has 0 bridgehead atoms. The number of carbonyl (C=O) groups is 2. The number of morpholine rings is 1. The van der Waals surface area contributed by atoms with Crippen molar-refractivity contribution >= 4 is 40.5 Å². The van der Waals surface area contributed by atoms with Gasteiger partial charge in [-0.2, -0.15) is 0 Å². The predicted molar refractivity (Wildman–Crippen MR) is 105 cm³/mol. The van der Waals surface area contributed by atoms with Crippen LogP contribution in [0.2, 0.25) is 10.0 Å². The molecule has 1 aliphatic heterocycles. The standard InChI is InChI=1S/C20H16Cl2N2O3/c21-15-6-5-12(11-16(15)22)23-17-18(24-7-9-27-10-8-24)20(26)14-4-2-1-3-13(14)19(17)25/h1-6,11,23H,7-10H2. The summed E-state index contributed by atoms with van der Waals surface area (Å²) >= 11 is 12.1. The van der Waals surface area contributed by atoms with Gasteiger partial charge in [-0.1, -0.05) is 47.5 Å². The summed E-state index contributed by atoms with van der Waals surface area (Å²) in [6.45, 7) is 2.10. The Morgan fingerprint density at radius 3 is 2.22 bits per heavy atom. The Labute approximate surface area is 166 Å². The van der Waals surface area contributed by atoms with Crippen LogP contribution in [0.5, 0.6) is 0 Å². The number of hydrogen-bond donors (Lipinski definition) is 1. The zero-order valence-electron chi connectivity index (χ0n) is 14.3. The summed E-state index contributed by atoms with van der Waals surface area (Å²) in [6, 6.07) is 11.9. The molecule has 1 saturated heterocycles. The summed E-state index contributed by atoms with van der Waals surface area (Å²) in [4.78, 5) is 28.3. The van der Waals surface area contributed by atoms with Crippen molar-refractivity contribution in [3.05, 3.63) is 75.0 Å². The number of nitrogens with zero attached hydrogens (tertiary/aromatic N) is 1. The van der Waals surface area contributed by atoms with E-state index in [1.807, 2.05) is 4.90 Å². The largest absolute Gasteiger partial charge is 0.378 e. The van der Waals surface area contributed by atoms with Crippen molar-refractivity contribution in [1.29, 1.82) is 0 Å². The number of ketones is 2. The van der Waals surface area contributed by atoms with Gasteiger partial charge in [0.2, 0.25) is 11.6 Å². The summed E-state index contributed by atoms with van der Waals surface area (Å²) in [5.41, 5.74) is 2.02. The fourth-order valence-electron chi connectivity index (χ4n) is 3.29. The van der Waals surface area contributed by atoms with Crippen LogP contribution in [0.1, 0.15) is 20.7 Å². The Kier molecular flexibility index (Phi) is 4.91. The molecule has 4 rings (SSSR count). The Morgan fingerprint density at radius 2 is 1.56 bits per heavy atom. The zero-order chi connectivity index (χ0) is 19.0. The van der Waals surface area contributed by atoms with Gasteiger partial charge < -0.3 is 15.0 Å². The van der Waals surface area contributed by atoms with Crippen LogP contribution < -0.4 is 5.32 Å². The normalized spacial score (nSPS) is 17.2. The third-order valence-electron chi connectivity index (χ3n) is 4.61. The number of rotatable bonds is 3. The minimum absolute atomic E-state index is 0.172. The number of ether oxygens (including phenoxy) is 1. The smallest absolute Gasteiger partial charge is 0.212 e. The molecule has 0 radical (unpaired) electrons. The molecular weight excluding hydrogens is 387 g/mol. The summed E-state index contributed by atoms with van der Waals surface area (Å²) < 4.78 is 5.39. The Morgan fingerprint density at radius 1 is 0.889 bits per heavy atom. The lowest BCUT2D eigenvalue weighted by atomic mass is 9.89. The van der Waals surface area contributed by atoms with Crippen LogP contribution in [0, 0.1) is 0 Å². The third-order valence-corrected chi connectivity index (χ3v) is 5.35. The van der Waals surface area contributed by atoms with Crippen molar-refractivity contribution in [3.8, 4) is 0 Å².